The first-order chi connectivity index (χ1) is 12.5. The van der Waals surface area contributed by atoms with Gasteiger partial charge in [0, 0.05) is 17.1 Å². The molecule has 0 fully saturated rings. The van der Waals surface area contributed by atoms with Crippen LogP contribution in [0.5, 0.6) is 5.75 Å². The second kappa shape index (κ2) is 9.60. The number of hydrogen-bond donors (Lipinski definition) is 2. The molecule has 0 unspecified atom stereocenters. The minimum Gasteiger partial charge on any atom is -0.497 e. The Hall–Kier alpha value is -2.04. The summed E-state index contributed by atoms with van der Waals surface area (Å²) in [6.07, 6.45) is 1.77. The van der Waals surface area contributed by atoms with Gasteiger partial charge in [0.2, 0.25) is 5.91 Å². The van der Waals surface area contributed by atoms with Gasteiger partial charge in [-0.25, -0.2) is 0 Å². The summed E-state index contributed by atoms with van der Waals surface area (Å²) in [6, 6.07) is 15.5. The van der Waals surface area contributed by atoms with Gasteiger partial charge in [0.05, 0.1) is 13.7 Å². The lowest BCUT2D eigenvalue weighted by Crippen LogP contribution is -2.46. The number of benzene rings is 2. The molecule has 2 aromatic rings. The number of hydrogen-bond acceptors (Lipinski definition) is 3. The molecular weight excluding hydrogens is 348 g/mol. The van der Waals surface area contributed by atoms with Crippen molar-refractivity contribution in [3.8, 4) is 5.75 Å². The Kier molecular flexibility index (Phi) is 7.49. The molecule has 26 heavy (non-hydrogen) atoms. The zero-order valence-electron chi connectivity index (χ0n) is 15.6. The van der Waals surface area contributed by atoms with Gasteiger partial charge in [-0.3, -0.25) is 10.1 Å². The molecule has 0 spiro atoms. The highest BCUT2D eigenvalue weighted by molar-refractivity contribution is 6.30. The van der Waals surface area contributed by atoms with Crippen molar-refractivity contribution in [3.63, 3.8) is 0 Å². The van der Waals surface area contributed by atoms with Crippen LogP contribution < -0.4 is 15.4 Å². The van der Waals surface area contributed by atoms with Crippen molar-refractivity contribution >= 4 is 17.5 Å². The molecule has 0 aliphatic carbocycles. The lowest BCUT2D eigenvalue weighted by molar-refractivity contribution is -0.120. The Balaban J connectivity index is 1.93. The highest BCUT2D eigenvalue weighted by atomic mass is 35.5. The van der Waals surface area contributed by atoms with Crippen LogP contribution in [0.1, 0.15) is 37.8 Å². The number of methoxy groups -OCH3 is 1. The fraction of sp³-hybridized carbons (Fsp3) is 0.381. The second-order valence-electron chi connectivity index (χ2n) is 6.27. The van der Waals surface area contributed by atoms with Crippen molar-refractivity contribution in [2.75, 3.05) is 13.7 Å². The summed E-state index contributed by atoms with van der Waals surface area (Å²) in [5.74, 6) is 0.779. The van der Waals surface area contributed by atoms with E-state index in [2.05, 4.69) is 24.5 Å². The third-order valence-electron chi connectivity index (χ3n) is 4.84. The highest BCUT2D eigenvalue weighted by Crippen LogP contribution is 2.29. The second-order valence-corrected chi connectivity index (χ2v) is 6.71. The number of amides is 1. The van der Waals surface area contributed by atoms with Crippen molar-refractivity contribution in [1.82, 2.24) is 10.6 Å². The zero-order valence-corrected chi connectivity index (χ0v) is 16.4. The summed E-state index contributed by atoms with van der Waals surface area (Å²) >= 11 is 6.00. The standard InChI is InChI=1S/C21H27ClN2O2/c1-4-21(5-2,17-8-10-18(22)11-9-17)24-15-20(25)23-14-16-6-12-19(26-3)13-7-16/h6-13,24H,4-5,14-15H2,1-3H3,(H,23,25). The number of rotatable bonds is 9. The quantitative estimate of drug-likeness (QED) is 0.689. The average Bonchev–Trinajstić information content (AvgIpc) is 2.69. The van der Waals surface area contributed by atoms with Crippen LogP contribution in [-0.2, 0) is 16.9 Å². The van der Waals surface area contributed by atoms with Crippen LogP contribution in [0.3, 0.4) is 0 Å². The molecule has 1 amide bonds. The van der Waals surface area contributed by atoms with Gasteiger partial charge < -0.3 is 10.1 Å². The van der Waals surface area contributed by atoms with Gasteiger partial charge in [0.1, 0.15) is 5.75 Å². The van der Waals surface area contributed by atoms with Crippen molar-refractivity contribution in [2.45, 2.75) is 38.8 Å². The molecule has 0 atom stereocenters. The van der Waals surface area contributed by atoms with E-state index in [0.29, 0.717) is 11.6 Å². The number of halogens is 1. The van der Waals surface area contributed by atoms with E-state index in [1.54, 1.807) is 7.11 Å². The van der Waals surface area contributed by atoms with Gasteiger partial charge in [0.25, 0.3) is 0 Å². The molecule has 0 radical (unpaired) electrons. The van der Waals surface area contributed by atoms with Crippen molar-refractivity contribution in [3.05, 3.63) is 64.7 Å². The summed E-state index contributed by atoms with van der Waals surface area (Å²) in [5.41, 5.74) is 1.95. The van der Waals surface area contributed by atoms with Crippen molar-refractivity contribution in [2.24, 2.45) is 0 Å². The molecule has 2 rings (SSSR count). The third kappa shape index (κ3) is 5.23. The van der Waals surface area contributed by atoms with Crippen LogP contribution in [0.15, 0.2) is 48.5 Å². The Morgan fingerprint density at radius 3 is 2.19 bits per heavy atom. The average molecular weight is 375 g/mol. The van der Waals surface area contributed by atoms with Crippen LogP contribution in [0, 0.1) is 0 Å². The first kappa shape index (κ1) is 20.3. The summed E-state index contributed by atoms with van der Waals surface area (Å²) in [7, 11) is 1.64. The van der Waals surface area contributed by atoms with Gasteiger partial charge in [-0.2, -0.15) is 0 Å². The van der Waals surface area contributed by atoms with Crippen LogP contribution in [0.4, 0.5) is 0 Å². The molecule has 140 valence electrons. The van der Waals surface area contributed by atoms with E-state index in [9.17, 15) is 4.79 Å². The number of ether oxygens (including phenoxy) is 1. The first-order valence-corrected chi connectivity index (χ1v) is 9.31. The number of nitrogens with one attached hydrogen (secondary N) is 2. The predicted molar refractivity (Wildman–Crippen MR) is 107 cm³/mol. The molecule has 4 nitrogen and oxygen atoms in total. The molecule has 0 saturated carbocycles. The van der Waals surface area contributed by atoms with Gasteiger partial charge in [-0.15, -0.1) is 0 Å². The maximum Gasteiger partial charge on any atom is 0.234 e. The fourth-order valence-corrected chi connectivity index (χ4v) is 3.16. The Morgan fingerprint density at radius 2 is 1.65 bits per heavy atom. The molecule has 2 N–H and O–H groups in total. The van der Waals surface area contributed by atoms with E-state index < -0.39 is 0 Å². The number of carbonyl (C=O) groups excluding carboxylic acids is 1. The maximum absolute atomic E-state index is 12.3. The molecule has 0 aliphatic heterocycles. The van der Waals surface area contributed by atoms with E-state index in [4.69, 9.17) is 16.3 Å². The van der Waals surface area contributed by atoms with Gasteiger partial charge in [0.15, 0.2) is 0 Å². The Morgan fingerprint density at radius 1 is 1.04 bits per heavy atom. The van der Waals surface area contributed by atoms with E-state index in [1.807, 2.05) is 48.5 Å². The van der Waals surface area contributed by atoms with Crippen molar-refractivity contribution < 1.29 is 9.53 Å². The van der Waals surface area contributed by atoms with Crippen LogP contribution >= 0.6 is 11.6 Å². The SMILES string of the molecule is CCC(CC)(NCC(=O)NCc1ccc(OC)cc1)c1ccc(Cl)cc1. The van der Waals surface area contributed by atoms with E-state index in [0.717, 1.165) is 29.7 Å². The van der Waals surface area contributed by atoms with Crippen molar-refractivity contribution in [1.29, 1.82) is 0 Å². The molecule has 0 aromatic heterocycles. The zero-order chi connectivity index (χ0) is 19.0. The third-order valence-corrected chi connectivity index (χ3v) is 5.09. The van der Waals surface area contributed by atoms with Gasteiger partial charge in [-0.1, -0.05) is 49.7 Å². The lowest BCUT2D eigenvalue weighted by Gasteiger charge is -2.33. The molecule has 2 aromatic carbocycles. The summed E-state index contributed by atoms with van der Waals surface area (Å²) < 4.78 is 5.14. The fourth-order valence-electron chi connectivity index (χ4n) is 3.04. The Labute approximate surface area is 160 Å². The monoisotopic (exact) mass is 374 g/mol. The topological polar surface area (TPSA) is 50.4 Å². The summed E-state index contributed by atoms with van der Waals surface area (Å²) in [4.78, 5) is 12.3. The Bertz CT molecular complexity index is 695. The first-order valence-electron chi connectivity index (χ1n) is 8.93. The maximum atomic E-state index is 12.3. The molecule has 5 heteroatoms. The molecule has 0 heterocycles. The minimum atomic E-state index is -0.234. The number of carbonyl (C=O) groups is 1. The van der Waals surface area contributed by atoms with Gasteiger partial charge in [-0.05, 0) is 48.2 Å². The van der Waals surface area contributed by atoms with E-state index in [-0.39, 0.29) is 18.0 Å². The summed E-state index contributed by atoms with van der Waals surface area (Å²) in [5, 5.41) is 7.12. The molecule has 0 aliphatic rings. The molecule has 0 bridgehead atoms. The normalized spacial score (nSPS) is 11.2. The van der Waals surface area contributed by atoms with Crippen LogP contribution in [0.2, 0.25) is 5.02 Å². The lowest BCUT2D eigenvalue weighted by atomic mass is 9.84. The largest absolute Gasteiger partial charge is 0.497 e. The van der Waals surface area contributed by atoms with E-state index >= 15 is 0 Å². The molecular formula is C21H27ClN2O2. The highest BCUT2D eigenvalue weighted by Gasteiger charge is 2.28. The predicted octanol–water partition coefficient (Wildman–Crippen LogP) is 4.27. The molecule has 0 saturated heterocycles. The smallest absolute Gasteiger partial charge is 0.234 e. The van der Waals surface area contributed by atoms with Gasteiger partial charge >= 0.3 is 0 Å². The summed E-state index contributed by atoms with van der Waals surface area (Å²) in [6.45, 7) is 5.01. The van der Waals surface area contributed by atoms with E-state index in [1.165, 1.54) is 0 Å². The van der Waals surface area contributed by atoms with Crippen LogP contribution in [0.25, 0.3) is 0 Å². The van der Waals surface area contributed by atoms with Crippen LogP contribution in [-0.4, -0.2) is 19.6 Å². The minimum absolute atomic E-state index is 0.0268.